The molecule has 2 saturated heterocycles. The summed E-state index contributed by atoms with van der Waals surface area (Å²) < 4.78 is 24.8. The zero-order chi connectivity index (χ0) is 18.6. The number of halogens is 1. The number of aromatic nitrogens is 1. The van der Waals surface area contributed by atoms with Crippen LogP contribution in [-0.2, 0) is 9.53 Å². The SMILES string of the molecule is O=C(C(c1cccnc1)N1CCOCC1)N1CC(Oc2ccccc2F)C1. The van der Waals surface area contributed by atoms with Crippen LogP contribution in [0, 0.1) is 5.82 Å². The molecule has 7 heteroatoms. The van der Waals surface area contributed by atoms with Crippen molar-refractivity contribution in [3.8, 4) is 5.75 Å². The predicted octanol–water partition coefficient (Wildman–Crippen LogP) is 1.88. The van der Waals surface area contributed by atoms with E-state index >= 15 is 0 Å². The molecule has 0 spiro atoms. The third kappa shape index (κ3) is 3.94. The second-order valence-electron chi connectivity index (χ2n) is 6.75. The van der Waals surface area contributed by atoms with E-state index in [0.717, 1.165) is 5.56 Å². The molecule has 0 bridgehead atoms. The van der Waals surface area contributed by atoms with Gasteiger partial charge in [0.25, 0.3) is 0 Å². The van der Waals surface area contributed by atoms with Crippen LogP contribution in [0.4, 0.5) is 4.39 Å². The zero-order valence-electron chi connectivity index (χ0n) is 15.0. The fourth-order valence-corrected chi connectivity index (χ4v) is 3.47. The molecule has 1 unspecified atom stereocenters. The topological polar surface area (TPSA) is 54.9 Å². The minimum atomic E-state index is -0.385. The minimum absolute atomic E-state index is 0.0262. The Kier molecular flexibility index (Phi) is 5.31. The van der Waals surface area contributed by atoms with Gasteiger partial charge in [-0.3, -0.25) is 14.7 Å². The second kappa shape index (κ2) is 8.02. The number of likely N-dealkylation sites (tertiary alicyclic amines) is 1. The fraction of sp³-hybridized carbons (Fsp3) is 0.400. The van der Waals surface area contributed by atoms with E-state index in [9.17, 15) is 9.18 Å². The van der Waals surface area contributed by atoms with Gasteiger partial charge in [0, 0.05) is 25.5 Å². The van der Waals surface area contributed by atoms with Crippen molar-refractivity contribution in [1.29, 1.82) is 0 Å². The standard InChI is InChI=1S/C20H22FN3O3/c21-17-5-1-2-6-18(17)27-16-13-24(14-16)20(25)19(15-4-3-7-22-12-15)23-8-10-26-11-9-23/h1-7,12,16,19H,8-11,13-14H2. The van der Waals surface area contributed by atoms with Crippen LogP contribution in [0.1, 0.15) is 11.6 Å². The molecule has 2 aliphatic heterocycles. The monoisotopic (exact) mass is 371 g/mol. The Balaban J connectivity index is 1.43. The average Bonchev–Trinajstić information content (AvgIpc) is 2.67. The van der Waals surface area contributed by atoms with E-state index in [0.29, 0.717) is 39.4 Å². The van der Waals surface area contributed by atoms with Crippen LogP contribution >= 0.6 is 0 Å². The van der Waals surface area contributed by atoms with Crippen molar-refractivity contribution in [2.24, 2.45) is 0 Å². The number of benzene rings is 1. The van der Waals surface area contributed by atoms with Gasteiger partial charge in [-0.1, -0.05) is 18.2 Å². The quantitative estimate of drug-likeness (QED) is 0.803. The molecule has 2 fully saturated rings. The lowest BCUT2D eigenvalue weighted by Crippen LogP contribution is -2.59. The molecule has 0 aliphatic carbocycles. The molecule has 1 aromatic carbocycles. The highest BCUT2D eigenvalue weighted by molar-refractivity contribution is 5.84. The smallest absolute Gasteiger partial charge is 0.244 e. The van der Waals surface area contributed by atoms with Crippen LogP contribution in [0.5, 0.6) is 5.75 Å². The fourth-order valence-electron chi connectivity index (χ4n) is 3.47. The number of amides is 1. The van der Waals surface area contributed by atoms with Gasteiger partial charge in [0.05, 0.1) is 26.3 Å². The van der Waals surface area contributed by atoms with E-state index in [4.69, 9.17) is 9.47 Å². The Bertz CT molecular complexity index is 777. The Morgan fingerprint density at radius 2 is 1.96 bits per heavy atom. The van der Waals surface area contributed by atoms with Crippen molar-refractivity contribution < 1.29 is 18.7 Å². The molecule has 2 aromatic rings. The van der Waals surface area contributed by atoms with Gasteiger partial charge in [0.15, 0.2) is 11.6 Å². The van der Waals surface area contributed by atoms with E-state index in [1.807, 2.05) is 12.1 Å². The number of morpholine rings is 1. The molecule has 4 rings (SSSR count). The number of hydrogen-bond acceptors (Lipinski definition) is 5. The summed E-state index contributed by atoms with van der Waals surface area (Å²) in [5, 5.41) is 0. The molecule has 1 amide bonds. The Morgan fingerprint density at radius 1 is 1.19 bits per heavy atom. The molecule has 6 nitrogen and oxygen atoms in total. The molecule has 0 saturated carbocycles. The van der Waals surface area contributed by atoms with Crippen molar-refractivity contribution in [1.82, 2.24) is 14.8 Å². The molecule has 3 heterocycles. The van der Waals surface area contributed by atoms with E-state index in [2.05, 4.69) is 9.88 Å². The number of pyridine rings is 1. The largest absolute Gasteiger partial charge is 0.484 e. The van der Waals surface area contributed by atoms with Crippen molar-refractivity contribution >= 4 is 5.91 Å². The summed E-state index contributed by atoms with van der Waals surface area (Å²) in [7, 11) is 0. The highest BCUT2D eigenvalue weighted by Gasteiger charge is 2.39. The van der Waals surface area contributed by atoms with E-state index < -0.39 is 0 Å². The van der Waals surface area contributed by atoms with Gasteiger partial charge in [0.2, 0.25) is 5.91 Å². The van der Waals surface area contributed by atoms with Crippen LogP contribution in [0.2, 0.25) is 0 Å². The molecule has 0 radical (unpaired) electrons. The van der Waals surface area contributed by atoms with Gasteiger partial charge in [-0.05, 0) is 23.8 Å². The summed E-state index contributed by atoms with van der Waals surface area (Å²) in [6.07, 6.45) is 3.25. The normalized spacial score (nSPS) is 19.4. The van der Waals surface area contributed by atoms with Crippen LogP contribution in [0.3, 0.4) is 0 Å². The summed E-state index contributed by atoms with van der Waals surface area (Å²) in [6.45, 7) is 3.54. The van der Waals surface area contributed by atoms with Gasteiger partial charge in [-0.15, -0.1) is 0 Å². The number of carbonyl (C=O) groups is 1. The average molecular weight is 371 g/mol. The molecular formula is C20H22FN3O3. The lowest BCUT2D eigenvalue weighted by Gasteiger charge is -2.43. The van der Waals surface area contributed by atoms with E-state index in [1.54, 1.807) is 35.5 Å². The number of nitrogens with zero attached hydrogens (tertiary/aromatic N) is 3. The van der Waals surface area contributed by atoms with Crippen molar-refractivity contribution in [3.63, 3.8) is 0 Å². The Morgan fingerprint density at radius 3 is 2.67 bits per heavy atom. The van der Waals surface area contributed by atoms with Crippen molar-refractivity contribution in [2.45, 2.75) is 12.1 Å². The lowest BCUT2D eigenvalue weighted by molar-refractivity contribution is -0.148. The number of para-hydroxylation sites is 1. The first-order valence-electron chi connectivity index (χ1n) is 9.14. The third-order valence-corrected chi connectivity index (χ3v) is 4.93. The maximum Gasteiger partial charge on any atom is 0.244 e. The molecular weight excluding hydrogens is 349 g/mol. The lowest BCUT2D eigenvalue weighted by atomic mass is 10.0. The molecule has 142 valence electrons. The highest BCUT2D eigenvalue weighted by Crippen LogP contribution is 2.28. The summed E-state index contributed by atoms with van der Waals surface area (Å²) in [6, 6.07) is 9.72. The summed E-state index contributed by atoms with van der Waals surface area (Å²) in [5.41, 5.74) is 0.878. The predicted molar refractivity (Wildman–Crippen MR) is 96.8 cm³/mol. The second-order valence-corrected chi connectivity index (χ2v) is 6.75. The van der Waals surface area contributed by atoms with Crippen LogP contribution in [0.25, 0.3) is 0 Å². The molecule has 0 N–H and O–H groups in total. The summed E-state index contributed by atoms with van der Waals surface area (Å²) in [5.74, 6) is -0.131. The molecule has 2 aliphatic rings. The minimum Gasteiger partial charge on any atom is -0.484 e. The first-order valence-corrected chi connectivity index (χ1v) is 9.14. The van der Waals surface area contributed by atoms with Gasteiger partial charge in [-0.25, -0.2) is 4.39 Å². The molecule has 1 aromatic heterocycles. The van der Waals surface area contributed by atoms with Crippen LogP contribution in [0.15, 0.2) is 48.8 Å². The number of ether oxygens (including phenoxy) is 2. The first-order chi connectivity index (χ1) is 13.2. The van der Waals surface area contributed by atoms with Gasteiger partial charge < -0.3 is 14.4 Å². The number of carbonyl (C=O) groups excluding carboxylic acids is 1. The summed E-state index contributed by atoms with van der Waals surface area (Å²) in [4.78, 5) is 21.2. The van der Waals surface area contributed by atoms with Crippen LogP contribution < -0.4 is 4.74 Å². The maximum atomic E-state index is 13.7. The first kappa shape index (κ1) is 17.9. The number of hydrogen-bond donors (Lipinski definition) is 0. The maximum absolute atomic E-state index is 13.7. The van der Waals surface area contributed by atoms with Crippen LogP contribution in [-0.4, -0.2) is 66.2 Å². The third-order valence-electron chi connectivity index (χ3n) is 4.93. The van der Waals surface area contributed by atoms with Crippen molar-refractivity contribution in [2.75, 3.05) is 39.4 Å². The van der Waals surface area contributed by atoms with E-state index in [1.165, 1.54) is 6.07 Å². The zero-order valence-corrected chi connectivity index (χ0v) is 15.0. The highest BCUT2D eigenvalue weighted by atomic mass is 19.1. The van der Waals surface area contributed by atoms with Gasteiger partial charge in [-0.2, -0.15) is 0 Å². The van der Waals surface area contributed by atoms with Gasteiger partial charge in [0.1, 0.15) is 12.1 Å². The van der Waals surface area contributed by atoms with E-state index in [-0.39, 0.29) is 29.6 Å². The summed E-state index contributed by atoms with van der Waals surface area (Å²) >= 11 is 0. The number of rotatable bonds is 5. The molecule has 1 atom stereocenters. The van der Waals surface area contributed by atoms with Gasteiger partial charge >= 0.3 is 0 Å². The Labute approximate surface area is 157 Å². The van der Waals surface area contributed by atoms with Crippen molar-refractivity contribution in [3.05, 3.63) is 60.2 Å². The Hall–Kier alpha value is -2.51. The molecule has 27 heavy (non-hydrogen) atoms.